The third kappa shape index (κ3) is 7.16. The molecule has 0 saturated heterocycles. The zero-order valence-electron chi connectivity index (χ0n) is 29.2. The number of carbonyl (C=O) groups is 2. The van der Waals surface area contributed by atoms with Crippen LogP contribution in [0.25, 0.3) is 0 Å². The van der Waals surface area contributed by atoms with Gasteiger partial charge < -0.3 is 24.4 Å². The van der Waals surface area contributed by atoms with E-state index in [-0.39, 0.29) is 35.3 Å². The monoisotopic (exact) mass is 724 g/mol. The summed E-state index contributed by atoms with van der Waals surface area (Å²) in [4.78, 5) is 29.5. The van der Waals surface area contributed by atoms with Gasteiger partial charge in [0, 0.05) is 43.3 Å². The maximum absolute atomic E-state index is 14.4. The lowest BCUT2D eigenvalue weighted by molar-refractivity contribution is 0.0111. The van der Waals surface area contributed by atoms with E-state index in [1.54, 1.807) is 20.3 Å². The zero-order valence-corrected chi connectivity index (χ0v) is 30.8. The molecule has 2 aliphatic heterocycles. The number of carbonyl (C=O) groups excluding carboxylic acids is 2. The first kappa shape index (κ1) is 35.3. The van der Waals surface area contributed by atoms with Crippen molar-refractivity contribution in [3.05, 3.63) is 70.3 Å². The van der Waals surface area contributed by atoms with Crippen LogP contribution in [0.4, 0.5) is 10.5 Å². The largest absolute Gasteiger partial charge is 0.490 e. The van der Waals surface area contributed by atoms with Crippen LogP contribution in [0.15, 0.2) is 52.9 Å². The Morgan fingerprint density at radius 2 is 1.98 bits per heavy atom. The van der Waals surface area contributed by atoms with E-state index in [9.17, 15) is 13.8 Å². The van der Waals surface area contributed by atoms with Crippen LogP contribution in [0.3, 0.4) is 0 Å². The van der Waals surface area contributed by atoms with Gasteiger partial charge in [0.1, 0.15) is 15.7 Å². The average Bonchev–Trinajstić information content (AvgIpc) is 3.20. The highest BCUT2D eigenvalue weighted by molar-refractivity contribution is 7.92. The number of hydrogen-bond acceptors (Lipinski definition) is 7. The predicted octanol–water partition coefficient (Wildman–Crippen LogP) is 6.45. The summed E-state index contributed by atoms with van der Waals surface area (Å²) < 4.78 is 39.4. The number of nitrogens with zero attached hydrogens (tertiary/aromatic N) is 2. The van der Waals surface area contributed by atoms with Crippen molar-refractivity contribution in [1.29, 1.82) is 0 Å². The number of anilines is 1. The highest BCUT2D eigenvalue weighted by atomic mass is 35.5. The van der Waals surface area contributed by atoms with Crippen molar-refractivity contribution in [2.75, 3.05) is 44.6 Å². The number of ether oxygens (including phenoxy) is 3. The molecule has 2 heterocycles. The number of halogens is 1. The Hall–Kier alpha value is -3.12. The fourth-order valence-corrected chi connectivity index (χ4v) is 10.7. The lowest BCUT2D eigenvalue weighted by Crippen LogP contribution is -2.54. The van der Waals surface area contributed by atoms with Crippen LogP contribution in [0.2, 0.25) is 5.02 Å². The first-order valence-corrected chi connectivity index (χ1v) is 20.1. The van der Waals surface area contributed by atoms with Gasteiger partial charge in [0.25, 0.3) is 5.91 Å². The maximum atomic E-state index is 14.4. The van der Waals surface area contributed by atoms with E-state index in [0.29, 0.717) is 36.2 Å². The van der Waals surface area contributed by atoms with Gasteiger partial charge >= 0.3 is 6.03 Å². The van der Waals surface area contributed by atoms with Gasteiger partial charge in [-0.15, -0.1) is 4.36 Å². The number of methoxy groups -OCH3 is 2. The van der Waals surface area contributed by atoms with Crippen molar-refractivity contribution >= 4 is 39.1 Å². The van der Waals surface area contributed by atoms with Crippen LogP contribution in [0, 0.1) is 17.8 Å². The van der Waals surface area contributed by atoms with Gasteiger partial charge in [0.2, 0.25) is 0 Å². The number of urea groups is 1. The quantitative estimate of drug-likeness (QED) is 0.348. The first-order valence-electron chi connectivity index (χ1n) is 18.0. The fourth-order valence-electron chi connectivity index (χ4n) is 8.63. The van der Waals surface area contributed by atoms with E-state index in [4.69, 9.17) is 25.8 Å². The maximum Gasteiger partial charge on any atom is 0.327 e. The number of amides is 3. The van der Waals surface area contributed by atoms with Gasteiger partial charge in [-0.2, -0.15) is 0 Å². The van der Waals surface area contributed by atoms with E-state index < -0.39 is 21.9 Å². The standard InChI is InChI=1S/C38H49ClN4O6S/c1-24-6-4-8-33(47-2)29-12-9-27(29)20-43-22-38(17-5-7-25-18-28(39)11-13-30(25)38)23-49-35-15-10-26(19-32(35)43)36(44)41-50(46,21-24)42-37(45)40-31-14-16-34(31)48-3/h4,8,10-11,13,15,18-19,24,27,29,31,33-34H,5-7,9,12,14,16-17,20-23H2,1-3H3,(H2,40,41,42,44,45,46)/b8-4+/t24-,27-,29+,31+,33-,34+,38-,50?/m0/s1. The Labute approximate surface area is 300 Å². The van der Waals surface area contributed by atoms with Gasteiger partial charge in [-0.1, -0.05) is 36.7 Å². The minimum atomic E-state index is -3.49. The van der Waals surface area contributed by atoms with E-state index >= 15 is 0 Å². The third-order valence-electron chi connectivity index (χ3n) is 11.6. The first-order chi connectivity index (χ1) is 24.1. The van der Waals surface area contributed by atoms with Crippen molar-refractivity contribution in [3.63, 3.8) is 0 Å². The van der Waals surface area contributed by atoms with E-state index in [1.807, 2.05) is 25.1 Å². The Kier molecular flexibility index (Phi) is 10.2. The van der Waals surface area contributed by atoms with Crippen molar-refractivity contribution < 1.29 is 28.0 Å². The minimum absolute atomic E-state index is 0.0185. The molecule has 270 valence electrons. The smallest absolute Gasteiger partial charge is 0.327 e. The number of benzene rings is 2. The Morgan fingerprint density at radius 3 is 2.72 bits per heavy atom. The Morgan fingerprint density at radius 1 is 1.12 bits per heavy atom. The second-order valence-corrected chi connectivity index (χ2v) is 17.4. The molecule has 5 aliphatic rings. The summed E-state index contributed by atoms with van der Waals surface area (Å²) in [5.41, 5.74) is 3.42. The summed E-state index contributed by atoms with van der Waals surface area (Å²) in [5, 5.41) is 3.60. The van der Waals surface area contributed by atoms with Crippen LogP contribution < -0.4 is 19.7 Å². The number of allylic oxidation sites excluding steroid dienone is 1. The number of rotatable bonds is 4. The minimum Gasteiger partial charge on any atom is -0.490 e. The highest BCUT2D eigenvalue weighted by Crippen LogP contribution is 2.47. The van der Waals surface area contributed by atoms with Crippen molar-refractivity contribution in [2.24, 2.45) is 22.1 Å². The zero-order chi connectivity index (χ0) is 35.0. The molecule has 1 unspecified atom stereocenters. The molecule has 8 atom stereocenters. The molecule has 50 heavy (non-hydrogen) atoms. The number of fused-ring (bicyclic) bond motifs is 4. The summed E-state index contributed by atoms with van der Waals surface area (Å²) in [6.45, 7) is 3.97. The van der Waals surface area contributed by atoms with Crippen LogP contribution in [-0.4, -0.2) is 74.1 Å². The van der Waals surface area contributed by atoms with Crippen LogP contribution in [0.1, 0.15) is 73.4 Å². The SMILES string of the molecule is CO[C@H]1/C=C/C[C@H](C)CS(=O)(NC(=O)N[C@@H]2CC[C@H]2OC)=NC(=O)c2ccc3c(c2)N(C[C@@H]2CC[C@H]21)C[C@@]1(CCCc2cc(Cl)ccc21)CO3. The lowest BCUT2D eigenvalue weighted by atomic mass is 9.68. The predicted molar refractivity (Wildman–Crippen MR) is 195 cm³/mol. The summed E-state index contributed by atoms with van der Waals surface area (Å²) in [7, 11) is -0.119. The van der Waals surface area contributed by atoms with Gasteiger partial charge in [-0.25, -0.2) is 9.00 Å². The van der Waals surface area contributed by atoms with Gasteiger partial charge in [0.05, 0.1) is 36.3 Å². The molecule has 2 aromatic rings. The van der Waals surface area contributed by atoms with E-state index in [0.717, 1.165) is 68.7 Å². The normalized spacial score (nSPS) is 34.4. The molecule has 2 saturated carbocycles. The molecule has 1 spiro atoms. The number of nitrogens with one attached hydrogen (secondary N) is 2. The van der Waals surface area contributed by atoms with Crippen molar-refractivity contribution in [1.82, 2.24) is 10.0 Å². The fraction of sp³-hybridized carbons (Fsp3) is 0.579. The van der Waals surface area contributed by atoms with E-state index in [1.165, 1.54) is 11.1 Å². The molecule has 0 radical (unpaired) electrons. The second kappa shape index (κ2) is 14.5. The van der Waals surface area contributed by atoms with Crippen molar-refractivity contribution in [2.45, 2.75) is 82.0 Å². The summed E-state index contributed by atoms with van der Waals surface area (Å²) in [6, 6.07) is 10.8. The lowest BCUT2D eigenvalue weighted by Gasteiger charge is -2.46. The average molecular weight is 725 g/mol. The molecule has 2 fully saturated rings. The molecular formula is C38H49ClN4O6S. The topological polar surface area (TPSA) is 119 Å². The molecule has 0 aromatic heterocycles. The molecule has 2 N–H and O–H groups in total. The van der Waals surface area contributed by atoms with Crippen LogP contribution >= 0.6 is 11.6 Å². The molecule has 2 aromatic carbocycles. The Bertz CT molecular complexity index is 1780. The molecule has 2 bridgehead atoms. The van der Waals surface area contributed by atoms with Gasteiger partial charge in [0.15, 0.2) is 0 Å². The van der Waals surface area contributed by atoms with E-state index in [2.05, 4.69) is 43.6 Å². The summed E-state index contributed by atoms with van der Waals surface area (Å²) in [5.74, 6) is 0.699. The molecular weight excluding hydrogens is 676 g/mol. The second-order valence-electron chi connectivity index (χ2n) is 15.0. The molecule has 12 heteroatoms. The molecule has 10 nitrogen and oxygen atoms in total. The van der Waals surface area contributed by atoms with Crippen molar-refractivity contribution in [3.8, 4) is 5.75 Å². The number of aryl methyl sites for hydroxylation is 1. The summed E-state index contributed by atoms with van der Waals surface area (Å²) >= 11 is 6.45. The highest BCUT2D eigenvalue weighted by Gasteiger charge is 2.44. The molecule has 3 amide bonds. The third-order valence-corrected chi connectivity index (χ3v) is 13.8. The number of hydrogen-bond donors (Lipinski definition) is 2. The van der Waals surface area contributed by atoms with Crippen LogP contribution in [-0.2, 0) is 31.2 Å². The Balaban J connectivity index is 1.27. The van der Waals surface area contributed by atoms with Crippen LogP contribution in [0.5, 0.6) is 5.75 Å². The molecule has 3 aliphatic carbocycles. The van der Waals surface area contributed by atoms with Gasteiger partial charge in [-0.3, -0.25) is 9.52 Å². The van der Waals surface area contributed by atoms with Gasteiger partial charge in [-0.05, 0) is 111 Å². The summed E-state index contributed by atoms with van der Waals surface area (Å²) in [6.07, 6.45) is 11.4. The molecule has 7 rings (SSSR count).